The van der Waals surface area contributed by atoms with E-state index in [0.29, 0.717) is 6.54 Å². The van der Waals surface area contributed by atoms with Gasteiger partial charge in [-0.05, 0) is 32.7 Å². The highest BCUT2D eigenvalue weighted by Gasteiger charge is 2.30. The van der Waals surface area contributed by atoms with Crippen molar-refractivity contribution in [3.8, 4) is 0 Å². The molecule has 6 nitrogen and oxygen atoms in total. The fourth-order valence-electron chi connectivity index (χ4n) is 2.27. The van der Waals surface area contributed by atoms with Gasteiger partial charge in [0.1, 0.15) is 6.23 Å². The van der Waals surface area contributed by atoms with Gasteiger partial charge in [-0.15, -0.1) is 0 Å². The van der Waals surface area contributed by atoms with Gasteiger partial charge in [0.25, 0.3) is 0 Å². The largest absolute Gasteiger partial charge is 0.378 e. The molecule has 21 heavy (non-hydrogen) atoms. The molecule has 0 spiro atoms. The molecule has 116 valence electrons. The lowest BCUT2D eigenvalue weighted by atomic mass is 9.88. The molecule has 1 atom stereocenters. The molecule has 0 radical (unpaired) electrons. The number of aliphatic hydroxyl groups excluding tert-OH is 1. The summed E-state index contributed by atoms with van der Waals surface area (Å²) >= 11 is 0. The van der Waals surface area contributed by atoms with Gasteiger partial charge in [0.15, 0.2) is 5.65 Å². The molecule has 6 heteroatoms. The van der Waals surface area contributed by atoms with E-state index in [4.69, 9.17) is 11.5 Å². The summed E-state index contributed by atoms with van der Waals surface area (Å²) in [7, 11) is 0. The predicted molar refractivity (Wildman–Crippen MR) is 82.9 cm³/mol. The zero-order valence-corrected chi connectivity index (χ0v) is 13.0. The quantitative estimate of drug-likeness (QED) is 0.541. The summed E-state index contributed by atoms with van der Waals surface area (Å²) in [4.78, 5) is 9.25. The Bertz CT molecular complexity index is 618. The zero-order chi connectivity index (χ0) is 15.6. The van der Waals surface area contributed by atoms with Crippen molar-refractivity contribution in [2.24, 2.45) is 11.5 Å². The molecule has 0 saturated carbocycles. The number of aliphatic hydroxyl groups is 1. The van der Waals surface area contributed by atoms with E-state index in [9.17, 15) is 5.11 Å². The molecule has 0 amide bonds. The zero-order valence-electron chi connectivity index (χ0n) is 13.0. The molecule has 0 saturated heterocycles. The second kappa shape index (κ2) is 6.09. The highest BCUT2D eigenvalue weighted by atomic mass is 16.3. The van der Waals surface area contributed by atoms with E-state index >= 15 is 0 Å². The van der Waals surface area contributed by atoms with Crippen LogP contribution in [0, 0.1) is 6.92 Å². The topological polar surface area (TPSA) is 102 Å². The van der Waals surface area contributed by atoms with Crippen molar-refractivity contribution < 1.29 is 5.11 Å². The van der Waals surface area contributed by atoms with Crippen molar-refractivity contribution in [3.63, 3.8) is 0 Å². The van der Waals surface area contributed by atoms with E-state index in [0.717, 1.165) is 42.0 Å². The Morgan fingerprint density at radius 1 is 1.29 bits per heavy atom. The van der Waals surface area contributed by atoms with Crippen LogP contribution in [0.3, 0.4) is 0 Å². The van der Waals surface area contributed by atoms with Gasteiger partial charge in [-0.3, -0.25) is 4.98 Å². The van der Waals surface area contributed by atoms with Gasteiger partial charge in [0, 0.05) is 17.8 Å². The lowest BCUT2D eigenvalue weighted by Crippen LogP contribution is -2.40. The van der Waals surface area contributed by atoms with Gasteiger partial charge >= 0.3 is 0 Å². The second-order valence-corrected chi connectivity index (χ2v) is 6.10. The Morgan fingerprint density at radius 2 is 2.00 bits per heavy atom. The van der Waals surface area contributed by atoms with E-state index in [-0.39, 0.29) is 0 Å². The van der Waals surface area contributed by atoms with Crippen molar-refractivity contribution in [1.29, 1.82) is 0 Å². The van der Waals surface area contributed by atoms with Crippen LogP contribution in [0.4, 0.5) is 0 Å². The number of unbranched alkanes of at least 4 members (excludes halogenated alkanes) is 1. The summed E-state index contributed by atoms with van der Waals surface area (Å²) in [5.74, 6) is 0. The first kappa shape index (κ1) is 15.9. The van der Waals surface area contributed by atoms with Crippen LogP contribution in [0.25, 0.3) is 5.65 Å². The number of hydrogen-bond acceptors (Lipinski definition) is 5. The molecule has 2 aromatic rings. The fourth-order valence-corrected chi connectivity index (χ4v) is 2.27. The molecule has 5 N–H and O–H groups in total. The monoisotopic (exact) mass is 291 g/mol. The maximum absolute atomic E-state index is 9.75. The molecule has 0 aliphatic rings. The van der Waals surface area contributed by atoms with Gasteiger partial charge in [-0.1, -0.05) is 13.8 Å². The lowest BCUT2D eigenvalue weighted by Gasteiger charge is -2.25. The first-order chi connectivity index (χ1) is 9.86. The minimum absolute atomic E-state index is 0.603. The van der Waals surface area contributed by atoms with Crippen LogP contribution >= 0.6 is 0 Å². The van der Waals surface area contributed by atoms with Gasteiger partial charge in [0.2, 0.25) is 0 Å². The highest BCUT2D eigenvalue weighted by Crippen LogP contribution is 2.25. The Labute approximate surface area is 125 Å². The number of aromatic nitrogens is 3. The van der Waals surface area contributed by atoms with Crippen LogP contribution in [0.15, 0.2) is 12.4 Å². The average Bonchev–Trinajstić information content (AvgIpc) is 2.83. The molecule has 0 aliphatic heterocycles. The molecule has 0 fully saturated rings. The van der Waals surface area contributed by atoms with Crippen LogP contribution in [-0.4, -0.2) is 32.2 Å². The number of imidazole rings is 1. The number of nitrogens with zero attached hydrogens (tertiary/aromatic N) is 3. The Morgan fingerprint density at radius 3 is 2.62 bits per heavy atom. The number of nitrogens with two attached hydrogens (primary N) is 2. The molecule has 0 bridgehead atoms. The van der Waals surface area contributed by atoms with Crippen molar-refractivity contribution in [3.05, 3.63) is 29.5 Å². The van der Waals surface area contributed by atoms with Gasteiger partial charge in [0.05, 0.1) is 17.1 Å². The second-order valence-electron chi connectivity index (χ2n) is 6.10. The summed E-state index contributed by atoms with van der Waals surface area (Å²) in [6.07, 6.45) is 5.72. The van der Waals surface area contributed by atoms with Gasteiger partial charge < -0.3 is 21.0 Å². The maximum atomic E-state index is 9.75. The van der Waals surface area contributed by atoms with Crippen molar-refractivity contribution in [1.82, 2.24) is 14.4 Å². The molecule has 0 aromatic carbocycles. The summed E-state index contributed by atoms with van der Waals surface area (Å²) in [5.41, 5.74) is 14.1. The maximum Gasteiger partial charge on any atom is 0.158 e. The first-order valence-electron chi connectivity index (χ1n) is 7.35. The number of aryl methyl sites for hydroxylation is 2. The third-order valence-corrected chi connectivity index (χ3v) is 3.89. The summed E-state index contributed by atoms with van der Waals surface area (Å²) in [5, 5.41) is 9.75. The predicted octanol–water partition coefficient (Wildman–Crippen LogP) is 0.874. The van der Waals surface area contributed by atoms with Crippen molar-refractivity contribution >= 4 is 5.65 Å². The molecule has 0 aliphatic carbocycles. The van der Waals surface area contributed by atoms with Gasteiger partial charge in [-0.25, -0.2) is 4.98 Å². The minimum atomic E-state index is -0.961. The van der Waals surface area contributed by atoms with Crippen molar-refractivity contribution in [2.75, 3.05) is 6.54 Å². The Kier molecular flexibility index (Phi) is 4.61. The normalized spacial score (nSPS) is 13.8. The third kappa shape index (κ3) is 3.23. The van der Waals surface area contributed by atoms with Crippen LogP contribution < -0.4 is 11.5 Å². The van der Waals surface area contributed by atoms with Crippen LogP contribution in [-0.2, 0) is 11.8 Å². The minimum Gasteiger partial charge on any atom is -0.378 e. The fraction of sp³-hybridized carbons (Fsp3) is 0.600. The standard InChI is InChI=1S/C15H25N5O/c1-10-8-20-9-12(15(2,3)14(17)21)19-13(20)11(18-10)6-4-5-7-16/h8-9,14,21H,4-7,16-17H2,1-3H3. The van der Waals surface area contributed by atoms with Crippen LogP contribution in [0.1, 0.15) is 43.8 Å². The molecule has 1 unspecified atom stereocenters. The first-order valence-corrected chi connectivity index (χ1v) is 7.35. The number of hydrogen-bond donors (Lipinski definition) is 3. The molecule has 2 heterocycles. The van der Waals surface area contributed by atoms with E-state index in [1.807, 2.05) is 37.6 Å². The smallest absolute Gasteiger partial charge is 0.158 e. The molecular weight excluding hydrogens is 266 g/mol. The molecule has 2 rings (SSSR count). The van der Waals surface area contributed by atoms with Crippen molar-refractivity contribution in [2.45, 2.75) is 51.7 Å². The summed E-state index contributed by atoms with van der Waals surface area (Å²) in [6.45, 7) is 6.42. The number of fused-ring (bicyclic) bond motifs is 1. The Hall–Kier alpha value is -1.50. The van der Waals surface area contributed by atoms with Gasteiger partial charge in [-0.2, -0.15) is 0 Å². The van der Waals surface area contributed by atoms with E-state index in [1.165, 1.54) is 0 Å². The number of rotatable bonds is 6. The van der Waals surface area contributed by atoms with E-state index in [1.54, 1.807) is 0 Å². The SMILES string of the molecule is Cc1cn2cc(C(C)(C)C(N)O)nc2c(CCCCN)n1. The molecular formula is C15H25N5O. The van der Waals surface area contributed by atoms with E-state index < -0.39 is 11.6 Å². The third-order valence-electron chi connectivity index (χ3n) is 3.89. The van der Waals surface area contributed by atoms with Crippen LogP contribution in [0.2, 0.25) is 0 Å². The highest BCUT2D eigenvalue weighted by molar-refractivity contribution is 5.47. The van der Waals surface area contributed by atoms with Crippen LogP contribution in [0.5, 0.6) is 0 Å². The van der Waals surface area contributed by atoms with E-state index in [2.05, 4.69) is 9.97 Å². The lowest BCUT2D eigenvalue weighted by molar-refractivity contribution is 0.104. The average molecular weight is 291 g/mol. The molecule has 2 aromatic heterocycles. The Balaban J connectivity index is 2.44. The summed E-state index contributed by atoms with van der Waals surface area (Å²) in [6, 6.07) is 0. The summed E-state index contributed by atoms with van der Waals surface area (Å²) < 4.78 is 1.97.